The van der Waals surface area contributed by atoms with E-state index in [1.807, 2.05) is 24.3 Å². The predicted molar refractivity (Wildman–Crippen MR) is 93.5 cm³/mol. The van der Waals surface area contributed by atoms with Crippen molar-refractivity contribution in [1.29, 1.82) is 0 Å². The second kappa shape index (κ2) is 7.06. The second-order valence-corrected chi connectivity index (χ2v) is 5.19. The zero-order valence-electron chi connectivity index (χ0n) is 12.8. The molecule has 0 radical (unpaired) electrons. The Bertz CT molecular complexity index is 945. The van der Waals surface area contributed by atoms with Crippen LogP contribution in [0.5, 0.6) is 11.8 Å². The van der Waals surface area contributed by atoms with E-state index in [9.17, 15) is 10.1 Å². The Morgan fingerprint density at radius 2 is 1.80 bits per heavy atom. The van der Waals surface area contributed by atoms with Gasteiger partial charge in [-0.05, 0) is 29.3 Å². The number of non-ortho nitro benzene ring substituents is 1. The molecule has 0 aliphatic heterocycles. The third kappa shape index (κ3) is 3.78. The molecule has 0 atom stereocenters. The summed E-state index contributed by atoms with van der Waals surface area (Å²) in [6.07, 6.45) is 1.68. The van der Waals surface area contributed by atoms with E-state index in [0.29, 0.717) is 11.6 Å². The Balaban J connectivity index is 1.94. The van der Waals surface area contributed by atoms with Crippen molar-refractivity contribution in [1.82, 2.24) is 15.0 Å². The fourth-order valence-corrected chi connectivity index (χ4v) is 2.27. The molecular weight excluding hydrogens is 344 g/mol. The van der Waals surface area contributed by atoms with Crippen LogP contribution < -0.4 is 4.74 Å². The first-order valence-electron chi connectivity index (χ1n) is 7.12. The molecule has 1 heterocycles. The van der Waals surface area contributed by atoms with E-state index in [4.69, 9.17) is 16.3 Å². The molecule has 8 heteroatoms. The van der Waals surface area contributed by atoms with Crippen molar-refractivity contribution in [3.05, 3.63) is 76.1 Å². The van der Waals surface area contributed by atoms with Gasteiger partial charge < -0.3 is 4.74 Å². The van der Waals surface area contributed by atoms with Crippen LogP contribution in [0.4, 0.5) is 5.69 Å². The maximum Gasteiger partial charge on any atom is 0.326 e. The maximum absolute atomic E-state index is 10.7. The lowest BCUT2D eigenvalue weighted by Crippen LogP contribution is -1.99. The molecule has 3 rings (SSSR count). The average molecular weight is 355 g/mol. The summed E-state index contributed by atoms with van der Waals surface area (Å²) in [4.78, 5) is 22.5. The highest BCUT2D eigenvalue weighted by molar-refractivity contribution is 6.28. The molecule has 0 aliphatic rings. The molecule has 1 aromatic heterocycles. The highest BCUT2D eigenvalue weighted by Crippen LogP contribution is 2.26. The minimum absolute atomic E-state index is 0.0114. The predicted octanol–water partition coefficient (Wildman–Crippen LogP) is 4.54. The first kappa shape index (κ1) is 16.5. The van der Waals surface area contributed by atoms with Gasteiger partial charge in [-0.25, -0.2) is 0 Å². The van der Waals surface area contributed by atoms with E-state index in [1.165, 1.54) is 24.3 Å². The Morgan fingerprint density at radius 3 is 2.48 bits per heavy atom. The van der Waals surface area contributed by atoms with Crippen molar-refractivity contribution in [3.63, 3.8) is 0 Å². The third-order valence-electron chi connectivity index (χ3n) is 3.27. The van der Waals surface area contributed by atoms with E-state index in [2.05, 4.69) is 21.5 Å². The highest BCUT2D eigenvalue weighted by atomic mass is 35.5. The third-order valence-corrected chi connectivity index (χ3v) is 3.43. The number of hydrogen-bond donors (Lipinski definition) is 0. The van der Waals surface area contributed by atoms with Crippen molar-refractivity contribution in [3.8, 4) is 23.1 Å². The van der Waals surface area contributed by atoms with Gasteiger partial charge >= 0.3 is 6.01 Å². The summed E-state index contributed by atoms with van der Waals surface area (Å²) in [6, 6.07) is 13.0. The van der Waals surface area contributed by atoms with Gasteiger partial charge in [-0.15, -0.1) is 0 Å². The average Bonchev–Trinajstić information content (AvgIpc) is 2.61. The fraction of sp³-hybridized carbons (Fsp3) is 0. The number of halogens is 1. The molecule has 0 N–H and O–H groups in total. The van der Waals surface area contributed by atoms with Crippen molar-refractivity contribution >= 4 is 23.4 Å². The van der Waals surface area contributed by atoms with Crippen LogP contribution in [-0.4, -0.2) is 19.9 Å². The van der Waals surface area contributed by atoms with Gasteiger partial charge in [0, 0.05) is 17.7 Å². The van der Waals surface area contributed by atoms with Crippen LogP contribution in [0.3, 0.4) is 0 Å². The zero-order chi connectivity index (χ0) is 17.8. The van der Waals surface area contributed by atoms with Crippen LogP contribution in [0.1, 0.15) is 5.56 Å². The van der Waals surface area contributed by atoms with Crippen LogP contribution >= 0.6 is 11.6 Å². The number of nitro benzene ring substituents is 1. The summed E-state index contributed by atoms with van der Waals surface area (Å²) in [7, 11) is 0. The summed E-state index contributed by atoms with van der Waals surface area (Å²) in [5, 5.41) is 10.7. The van der Waals surface area contributed by atoms with Crippen molar-refractivity contribution in [2.45, 2.75) is 0 Å². The van der Waals surface area contributed by atoms with Gasteiger partial charge in [0.2, 0.25) is 5.28 Å². The molecule has 0 amide bonds. The van der Waals surface area contributed by atoms with E-state index >= 15 is 0 Å². The standard InChI is InChI=1S/C17H11ClN4O3/c1-2-11-5-3-4-6-14(11)15-19-16(18)21-17(20-15)25-13-9-7-12(8-10-13)22(23)24/h2-10H,1H2. The lowest BCUT2D eigenvalue weighted by Gasteiger charge is -2.07. The Hall–Kier alpha value is -3.32. The molecule has 25 heavy (non-hydrogen) atoms. The number of aromatic nitrogens is 3. The molecule has 0 fully saturated rings. The topological polar surface area (TPSA) is 91.0 Å². The van der Waals surface area contributed by atoms with Gasteiger partial charge in [-0.2, -0.15) is 15.0 Å². The molecule has 0 aliphatic carbocycles. The van der Waals surface area contributed by atoms with E-state index < -0.39 is 4.92 Å². The molecule has 0 spiro atoms. The number of nitrogens with zero attached hydrogens (tertiary/aromatic N) is 4. The lowest BCUT2D eigenvalue weighted by atomic mass is 10.1. The van der Waals surface area contributed by atoms with Gasteiger partial charge in [-0.1, -0.05) is 36.9 Å². The number of rotatable bonds is 5. The van der Waals surface area contributed by atoms with Crippen LogP contribution in [0.25, 0.3) is 17.5 Å². The Labute approximate surface area is 147 Å². The van der Waals surface area contributed by atoms with E-state index in [0.717, 1.165) is 11.1 Å². The number of nitro groups is 1. The summed E-state index contributed by atoms with van der Waals surface area (Å²) in [5.41, 5.74) is 1.53. The van der Waals surface area contributed by atoms with E-state index in [-0.39, 0.29) is 17.0 Å². The molecule has 0 bridgehead atoms. The highest BCUT2D eigenvalue weighted by Gasteiger charge is 2.12. The van der Waals surface area contributed by atoms with Gasteiger partial charge in [0.1, 0.15) is 5.75 Å². The summed E-state index contributed by atoms with van der Waals surface area (Å²) >= 11 is 5.97. The molecule has 0 unspecified atom stereocenters. The molecule has 7 nitrogen and oxygen atoms in total. The van der Waals surface area contributed by atoms with Crippen LogP contribution in [0.2, 0.25) is 5.28 Å². The van der Waals surface area contributed by atoms with Gasteiger partial charge in [0.25, 0.3) is 5.69 Å². The molecule has 0 saturated heterocycles. The largest absolute Gasteiger partial charge is 0.424 e. The second-order valence-electron chi connectivity index (χ2n) is 4.86. The number of benzene rings is 2. The normalized spacial score (nSPS) is 10.3. The monoisotopic (exact) mass is 354 g/mol. The molecule has 3 aromatic rings. The number of ether oxygens (including phenoxy) is 1. The van der Waals surface area contributed by atoms with Crippen molar-refractivity contribution < 1.29 is 9.66 Å². The Morgan fingerprint density at radius 1 is 1.08 bits per heavy atom. The lowest BCUT2D eigenvalue weighted by molar-refractivity contribution is -0.384. The van der Waals surface area contributed by atoms with Crippen molar-refractivity contribution in [2.24, 2.45) is 0 Å². The van der Waals surface area contributed by atoms with Crippen LogP contribution in [0.15, 0.2) is 55.1 Å². The minimum atomic E-state index is -0.492. The quantitative estimate of drug-likeness (QED) is 0.493. The van der Waals surface area contributed by atoms with E-state index in [1.54, 1.807) is 6.08 Å². The maximum atomic E-state index is 10.7. The minimum Gasteiger partial charge on any atom is -0.424 e. The first-order chi connectivity index (χ1) is 12.1. The summed E-state index contributed by atoms with van der Waals surface area (Å²) < 4.78 is 5.53. The molecule has 124 valence electrons. The SMILES string of the molecule is C=Cc1ccccc1-c1nc(Cl)nc(Oc2ccc([N+](=O)[O-])cc2)n1. The van der Waals surface area contributed by atoms with Crippen molar-refractivity contribution in [2.75, 3.05) is 0 Å². The first-order valence-corrected chi connectivity index (χ1v) is 7.50. The smallest absolute Gasteiger partial charge is 0.326 e. The molecule has 2 aromatic carbocycles. The summed E-state index contributed by atoms with van der Waals surface area (Å²) in [6.45, 7) is 3.76. The van der Waals surface area contributed by atoms with Gasteiger partial charge in [0.15, 0.2) is 5.82 Å². The van der Waals surface area contributed by atoms with Crippen LogP contribution in [-0.2, 0) is 0 Å². The number of hydrogen-bond acceptors (Lipinski definition) is 6. The molecular formula is C17H11ClN4O3. The van der Waals surface area contributed by atoms with Gasteiger partial charge in [0.05, 0.1) is 4.92 Å². The van der Waals surface area contributed by atoms with Crippen LogP contribution in [0, 0.1) is 10.1 Å². The molecule has 0 saturated carbocycles. The van der Waals surface area contributed by atoms with Gasteiger partial charge in [-0.3, -0.25) is 10.1 Å². The summed E-state index contributed by atoms with van der Waals surface area (Å²) in [5.74, 6) is 0.684. The Kier molecular flexibility index (Phi) is 4.67. The fourth-order valence-electron chi connectivity index (χ4n) is 2.12. The zero-order valence-corrected chi connectivity index (χ0v) is 13.6.